The van der Waals surface area contributed by atoms with Gasteiger partial charge in [-0.3, -0.25) is 14.4 Å². The van der Waals surface area contributed by atoms with Gasteiger partial charge in [0.2, 0.25) is 17.7 Å². The number of carbonyl (C=O) groups excluding carboxylic acids is 3. The third kappa shape index (κ3) is 9.02. The molecule has 8 rings (SSSR count). The Morgan fingerprint density at radius 2 is 1.72 bits per heavy atom. The Labute approximate surface area is 334 Å². The molecule has 306 valence electrons. The summed E-state index contributed by atoms with van der Waals surface area (Å²) in [7, 11) is 2.03. The van der Waals surface area contributed by atoms with Gasteiger partial charge in [-0.2, -0.15) is 13.2 Å². The van der Waals surface area contributed by atoms with E-state index in [0.29, 0.717) is 63.2 Å². The summed E-state index contributed by atoms with van der Waals surface area (Å²) in [6, 6.07) is 17.1. The van der Waals surface area contributed by atoms with Crippen molar-refractivity contribution in [3.8, 4) is 17.1 Å². The molecule has 2 aromatic carbocycles. The number of hydrogen-bond donors (Lipinski definition) is 0. The third-order valence-electron chi connectivity index (χ3n) is 11.8. The van der Waals surface area contributed by atoms with Gasteiger partial charge in [0, 0.05) is 75.8 Å². The minimum absolute atomic E-state index is 0.00151. The second-order valence-corrected chi connectivity index (χ2v) is 15.8. The molecular formula is C42H47F3N8O5. The number of alkyl halides is 3. The van der Waals surface area contributed by atoms with Crippen LogP contribution in [0.4, 0.5) is 13.2 Å². The van der Waals surface area contributed by atoms with E-state index in [0.717, 1.165) is 30.8 Å². The van der Waals surface area contributed by atoms with Gasteiger partial charge in [0.15, 0.2) is 0 Å². The van der Waals surface area contributed by atoms with Crippen LogP contribution in [0.25, 0.3) is 11.3 Å². The Kier molecular flexibility index (Phi) is 11.5. The molecule has 3 amide bonds. The summed E-state index contributed by atoms with van der Waals surface area (Å²) < 4.78 is 56.5. The van der Waals surface area contributed by atoms with Crippen molar-refractivity contribution in [2.45, 2.75) is 57.2 Å². The maximum Gasteiger partial charge on any atom is 0.416 e. The van der Waals surface area contributed by atoms with Gasteiger partial charge in [-0.05, 0) is 55.5 Å². The third-order valence-corrected chi connectivity index (χ3v) is 11.8. The van der Waals surface area contributed by atoms with Gasteiger partial charge in [0.1, 0.15) is 11.7 Å². The molecule has 0 spiro atoms. The van der Waals surface area contributed by atoms with Crippen molar-refractivity contribution in [1.82, 2.24) is 39.6 Å². The van der Waals surface area contributed by atoms with Gasteiger partial charge in [-0.25, -0.2) is 9.67 Å². The number of hydrogen-bond acceptors (Lipinski definition) is 9. The van der Waals surface area contributed by atoms with Crippen molar-refractivity contribution in [1.29, 1.82) is 0 Å². The smallest absolute Gasteiger partial charge is 0.416 e. The molecule has 2 aromatic heterocycles. The first-order valence-corrected chi connectivity index (χ1v) is 19.9. The van der Waals surface area contributed by atoms with Crippen LogP contribution in [0.1, 0.15) is 52.9 Å². The molecule has 4 aliphatic heterocycles. The number of amides is 3. The van der Waals surface area contributed by atoms with E-state index >= 15 is 0 Å². The average molecular weight is 801 g/mol. The highest BCUT2D eigenvalue weighted by Gasteiger charge is 2.44. The molecule has 0 aliphatic carbocycles. The number of fused-ring (bicyclic) bond motifs is 8. The molecule has 16 heteroatoms. The molecule has 13 nitrogen and oxygen atoms in total. The summed E-state index contributed by atoms with van der Waals surface area (Å²) in [6.45, 7) is 4.42. The molecule has 6 bridgehead atoms. The van der Waals surface area contributed by atoms with E-state index in [-0.39, 0.29) is 67.0 Å². The lowest BCUT2D eigenvalue weighted by atomic mass is 9.80. The molecular weight excluding hydrogens is 754 g/mol. The van der Waals surface area contributed by atoms with Gasteiger partial charge in [-0.1, -0.05) is 47.7 Å². The Hall–Kier alpha value is -5.35. The number of benzene rings is 2. The van der Waals surface area contributed by atoms with Crippen molar-refractivity contribution in [2.75, 3.05) is 59.5 Å². The summed E-state index contributed by atoms with van der Waals surface area (Å²) in [4.78, 5) is 54.3. The Bertz CT molecular complexity index is 2110. The minimum Gasteiger partial charge on any atom is -0.478 e. The van der Waals surface area contributed by atoms with E-state index in [1.54, 1.807) is 34.0 Å². The topological polar surface area (TPSA) is 126 Å². The first-order valence-electron chi connectivity index (χ1n) is 19.9. The summed E-state index contributed by atoms with van der Waals surface area (Å²) >= 11 is 0. The Morgan fingerprint density at radius 3 is 2.52 bits per heavy atom. The van der Waals surface area contributed by atoms with E-state index < -0.39 is 29.8 Å². The van der Waals surface area contributed by atoms with Crippen molar-refractivity contribution < 1.29 is 37.0 Å². The number of pyridine rings is 1. The van der Waals surface area contributed by atoms with Crippen LogP contribution >= 0.6 is 0 Å². The van der Waals surface area contributed by atoms with Crippen LogP contribution < -0.4 is 4.74 Å². The summed E-state index contributed by atoms with van der Waals surface area (Å²) in [5.41, 5.74) is 1.25. The second-order valence-electron chi connectivity index (χ2n) is 15.8. The van der Waals surface area contributed by atoms with E-state index in [1.165, 1.54) is 11.0 Å². The lowest BCUT2D eigenvalue weighted by molar-refractivity contribution is -0.140. The van der Waals surface area contributed by atoms with Crippen LogP contribution in [0.3, 0.4) is 0 Å². The highest BCUT2D eigenvalue weighted by atomic mass is 19.4. The zero-order chi connectivity index (χ0) is 40.4. The van der Waals surface area contributed by atoms with Crippen molar-refractivity contribution in [3.05, 3.63) is 95.3 Å². The fourth-order valence-corrected chi connectivity index (χ4v) is 8.51. The van der Waals surface area contributed by atoms with E-state index in [9.17, 15) is 27.6 Å². The Balaban J connectivity index is 1.06. The standard InChI is InChI=1S/C42H47F3N8O5/c1-49-13-15-50(16-14-49)39(54)19-29-10-12-51-24-32(29)11-17-57-38-21-33(42(43,44)45)20-36(46-38)30-8-5-9-31(18-30)40(55)53-26-35(22-37(53)41(51)56)58-27-34-25-52(48-47-34)23-28-6-3-2-4-7-28/h2-9,18,20-21,25,29,32,35,37H,10-17,19,22-24,26-27H2,1H3/t29-,32-,35+,37-/m0/s1. The first kappa shape index (κ1) is 39.5. The molecule has 4 aromatic rings. The normalized spacial score (nSPS) is 23.1. The number of aromatic nitrogens is 4. The quantitative estimate of drug-likeness (QED) is 0.264. The van der Waals surface area contributed by atoms with Crippen LogP contribution in [-0.2, 0) is 33.7 Å². The zero-order valence-electron chi connectivity index (χ0n) is 32.4. The van der Waals surface area contributed by atoms with Crippen molar-refractivity contribution in [2.24, 2.45) is 11.8 Å². The summed E-state index contributed by atoms with van der Waals surface area (Å²) in [5, 5.41) is 8.50. The van der Waals surface area contributed by atoms with Crippen molar-refractivity contribution >= 4 is 17.7 Å². The molecule has 6 heterocycles. The number of likely N-dealkylation sites (N-methyl/N-ethyl adjacent to an activating group) is 1. The lowest BCUT2D eigenvalue weighted by Crippen LogP contribution is -2.53. The van der Waals surface area contributed by atoms with E-state index in [1.807, 2.05) is 42.3 Å². The van der Waals surface area contributed by atoms with Gasteiger partial charge >= 0.3 is 6.18 Å². The maximum atomic E-state index is 14.6. The molecule has 0 unspecified atom stereocenters. The van der Waals surface area contributed by atoms with Crippen LogP contribution in [0.5, 0.6) is 5.88 Å². The van der Waals surface area contributed by atoms with Gasteiger partial charge < -0.3 is 29.1 Å². The average Bonchev–Trinajstić information content (AvgIpc) is 3.87. The minimum atomic E-state index is -4.67. The van der Waals surface area contributed by atoms with Crippen LogP contribution in [0, 0.1) is 11.8 Å². The second kappa shape index (κ2) is 16.9. The largest absolute Gasteiger partial charge is 0.478 e. The molecule has 4 aliphatic rings. The molecule has 3 fully saturated rings. The van der Waals surface area contributed by atoms with E-state index in [4.69, 9.17) is 9.47 Å². The monoisotopic (exact) mass is 800 g/mol. The number of rotatable bonds is 7. The molecule has 58 heavy (non-hydrogen) atoms. The molecule has 0 radical (unpaired) electrons. The maximum absolute atomic E-state index is 14.6. The molecule has 3 saturated heterocycles. The molecule has 0 saturated carbocycles. The van der Waals surface area contributed by atoms with Crippen LogP contribution in [-0.4, -0.2) is 129 Å². The SMILES string of the molecule is CN1CCN(C(=O)C[C@@H]2CCN3C[C@@H]2CCOc2cc(C(F)(F)F)cc(n2)-c2cccc(c2)C(=O)N2C[C@H](OCc4cn(Cc5ccccc5)nn4)C[C@H]2C3=O)CC1. The number of halogens is 3. The van der Waals surface area contributed by atoms with Crippen molar-refractivity contribution in [3.63, 3.8) is 0 Å². The van der Waals surface area contributed by atoms with E-state index in [2.05, 4.69) is 20.2 Å². The summed E-state index contributed by atoms with van der Waals surface area (Å²) in [6.07, 6.45) is -1.87. The highest BCUT2D eigenvalue weighted by molar-refractivity contribution is 5.99. The number of nitrogens with zero attached hydrogens (tertiary/aromatic N) is 8. The van der Waals surface area contributed by atoms with Gasteiger partial charge in [0.05, 0.1) is 43.3 Å². The highest BCUT2D eigenvalue weighted by Crippen LogP contribution is 2.36. The van der Waals surface area contributed by atoms with Crippen LogP contribution in [0.15, 0.2) is 72.9 Å². The Morgan fingerprint density at radius 1 is 0.931 bits per heavy atom. The lowest BCUT2D eigenvalue weighted by Gasteiger charge is -2.41. The molecule has 0 N–H and O–H groups in total. The summed E-state index contributed by atoms with van der Waals surface area (Å²) in [5.74, 6) is -1.04. The predicted octanol–water partition coefficient (Wildman–Crippen LogP) is 4.62. The fraction of sp³-hybridized carbons (Fsp3) is 0.476. The van der Waals surface area contributed by atoms with Gasteiger partial charge in [0.25, 0.3) is 5.91 Å². The van der Waals surface area contributed by atoms with Gasteiger partial charge in [-0.15, -0.1) is 5.10 Å². The molecule has 4 atom stereocenters. The predicted molar refractivity (Wildman–Crippen MR) is 205 cm³/mol. The number of carbonyl (C=O) groups is 3. The van der Waals surface area contributed by atoms with Crippen LogP contribution in [0.2, 0.25) is 0 Å². The number of ether oxygens (including phenoxy) is 2. The zero-order valence-corrected chi connectivity index (χ0v) is 32.4. The number of piperazine rings is 1. The fourth-order valence-electron chi connectivity index (χ4n) is 8.51. The number of piperidine rings is 1. The first-order chi connectivity index (χ1) is 28.0.